The van der Waals surface area contributed by atoms with Crippen LogP contribution in [-0.2, 0) is 23.8 Å². The SMILES string of the molecule is CCOC(=O)C(CCCCN=C(C)N)N=C1CCC(C(CCCCN=C(C)N)(NC(=O)OC(C)(C)C)C(=O)OCC)CC1. The van der Waals surface area contributed by atoms with Crippen molar-refractivity contribution in [2.45, 2.75) is 130 Å². The first-order valence-electron chi connectivity index (χ1n) is 15.7. The number of hydrogen-bond donors (Lipinski definition) is 3. The predicted molar refractivity (Wildman–Crippen MR) is 171 cm³/mol. The van der Waals surface area contributed by atoms with Crippen LogP contribution < -0.4 is 16.8 Å². The Morgan fingerprint density at radius 1 is 0.907 bits per heavy atom. The van der Waals surface area contributed by atoms with Crippen LogP contribution in [0.4, 0.5) is 4.79 Å². The van der Waals surface area contributed by atoms with Crippen molar-refractivity contribution < 1.29 is 28.6 Å². The largest absolute Gasteiger partial charge is 0.464 e. The van der Waals surface area contributed by atoms with Crippen LogP contribution in [0.15, 0.2) is 15.0 Å². The molecule has 0 bridgehead atoms. The van der Waals surface area contributed by atoms with E-state index in [0.717, 1.165) is 18.6 Å². The number of amidine groups is 2. The summed E-state index contributed by atoms with van der Waals surface area (Å²) in [6.07, 6.45) is 5.51. The Kier molecular flexibility index (Phi) is 16.9. The maximum Gasteiger partial charge on any atom is 0.408 e. The molecule has 0 aromatic rings. The van der Waals surface area contributed by atoms with Crippen molar-refractivity contribution in [3.05, 3.63) is 0 Å². The monoisotopic (exact) mass is 608 g/mol. The fourth-order valence-corrected chi connectivity index (χ4v) is 5.18. The number of carbonyl (C=O) groups is 3. The van der Waals surface area contributed by atoms with Crippen LogP contribution in [0.5, 0.6) is 0 Å². The number of carbonyl (C=O) groups excluding carboxylic acids is 3. The van der Waals surface area contributed by atoms with E-state index in [1.165, 1.54) is 0 Å². The van der Waals surface area contributed by atoms with E-state index < -0.39 is 29.2 Å². The first-order chi connectivity index (χ1) is 20.2. The Morgan fingerprint density at radius 2 is 1.47 bits per heavy atom. The van der Waals surface area contributed by atoms with Crippen LogP contribution in [0, 0.1) is 5.92 Å². The molecule has 1 saturated carbocycles. The third-order valence-electron chi connectivity index (χ3n) is 7.11. The molecule has 0 spiro atoms. The van der Waals surface area contributed by atoms with Crippen LogP contribution in [0.25, 0.3) is 0 Å². The summed E-state index contributed by atoms with van der Waals surface area (Å²) in [4.78, 5) is 52.7. The number of rotatable bonds is 17. The van der Waals surface area contributed by atoms with Gasteiger partial charge in [0.25, 0.3) is 0 Å². The summed E-state index contributed by atoms with van der Waals surface area (Å²) in [7, 11) is 0. The molecule has 0 aliphatic heterocycles. The normalized spacial score (nSPS) is 18.3. The van der Waals surface area contributed by atoms with E-state index in [1.807, 2.05) is 0 Å². The second-order valence-corrected chi connectivity index (χ2v) is 12.1. The van der Waals surface area contributed by atoms with Crippen molar-refractivity contribution in [3.63, 3.8) is 0 Å². The van der Waals surface area contributed by atoms with E-state index in [1.54, 1.807) is 48.5 Å². The molecule has 2 atom stereocenters. The summed E-state index contributed by atoms with van der Waals surface area (Å²) in [5.41, 5.74) is 10.2. The van der Waals surface area contributed by atoms with Crippen LogP contribution in [0.1, 0.15) is 113 Å². The van der Waals surface area contributed by atoms with Crippen molar-refractivity contribution in [1.29, 1.82) is 0 Å². The maximum absolute atomic E-state index is 13.6. The highest BCUT2D eigenvalue weighted by atomic mass is 16.6. The molecule has 0 heterocycles. The van der Waals surface area contributed by atoms with E-state index in [4.69, 9.17) is 30.7 Å². The molecule has 0 radical (unpaired) electrons. The average Bonchev–Trinajstić information content (AvgIpc) is 2.90. The number of aliphatic imine (C=N–C) groups is 3. The Morgan fingerprint density at radius 3 is 1.98 bits per heavy atom. The lowest BCUT2D eigenvalue weighted by Crippen LogP contribution is -2.61. The number of nitrogens with zero attached hydrogens (tertiary/aromatic N) is 3. The molecule has 2 unspecified atom stereocenters. The highest BCUT2D eigenvalue weighted by molar-refractivity contribution is 5.90. The molecular weight excluding hydrogens is 552 g/mol. The van der Waals surface area contributed by atoms with Crippen molar-refractivity contribution in [2.75, 3.05) is 26.3 Å². The van der Waals surface area contributed by atoms with Crippen molar-refractivity contribution >= 4 is 35.4 Å². The Bertz CT molecular complexity index is 972. The van der Waals surface area contributed by atoms with Crippen LogP contribution >= 0.6 is 0 Å². The van der Waals surface area contributed by atoms with Gasteiger partial charge < -0.3 is 31.0 Å². The van der Waals surface area contributed by atoms with Gasteiger partial charge in [-0.05, 0) is 119 Å². The molecule has 12 heteroatoms. The Labute approximate surface area is 257 Å². The van der Waals surface area contributed by atoms with Gasteiger partial charge >= 0.3 is 18.0 Å². The van der Waals surface area contributed by atoms with E-state index in [9.17, 15) is 14.4 Å². The minimum absolute atomic E-state index is 0.185. The van der Waals surface area contributed by atoms with E-state index >= 15 is 0 Å². The fraction of sp³-hybridized carbons (Fsp3) is 0.806. The third-order valence-corrected chi connectivity index (χ3v) is 7.11. The van der Waals surface area contributed by atoms with Crippen molar-refractivity contribution in [2.24, 2.45) is 32.4 Å². The number of hydrogen-bond acceptors (Lipinski definition) is 9. The van der Waals surface area contributed by atoms with Crippen molar-refractivity contribution in [3.8, 4) is 0 Å². The summed E-state index contributed by atoms with van der Waals surface area (Å²) in [6.45, 7) is 14.0. The summed E-state index contributed by atoms with van der Waals surface area (Å²) in [6, 6.07) is -0.587. The maximum atomic E-state index is 13.6. The standard InChI is InChI=1S/C31H56N6O6/c1-8-41-27(38)26(14-10-12-20-34-22(3)32)36-25-17-15-24(16-18-25)31(28(39)42-9-2,19-11-13-21-35-23(4)33)37-29(40)43-30(5,6)7/h24,26H,8-21H2,1-7H3,(H2,32,34)(H2,33,35)(H,37,40). The third kappa shape index (κ3) is 14.7. The molecule has 43 heavy (non-hydrogen) atoms. The van der Waals surface area contributed by atoms with Gasteiger partial charge in [-0.3, -0.25) is 15.0 Å². The topological polar surface area (TPSA) is 180 Å². The van der Waals surface area contributed by atoms with Crippen LogP contribution in [-0.4, -0.2) is 78.9 Å². The van der Waals surface area contributed by atoms with Gasteiger partial charge in [0.15, 0.2) is 0 Å². The lowest BCUT2D eigenvalue weighted by Gasteiger charge is -2.41. The predicted octanol–water partition coefficient (Wildman–Crippen LogP) is 4.47. The molecule has 0 aromatic carbocycles. The average molecular weight is 609 g/mol. The van der Waals surface area contributed by atoms with Crippen LogP contribution in [0.2, 0.25) is 0 Å². The number of nitrogens with one attached hydrogen (secondary N) is 1. The van der Waals surface area contributed by atoms with Crippen molar-refractivity contribution in [1.82, 2.24) is 5.32 Å². The van der Waals surface area contributed by atoms with Gasteiger partial charge in [0.05, 0.1) is 24.9 Å². The Balaban J connectivity index is 3.18. The van der Waals surface area contributed by atoms with Gasteiger partial charge in [0.2, 0.25) is 0 Å². The van der Waals surface area contributed by atoms with E-state index in [2.05, 4.69) is 15.3 Å². The number of alkyl carbamates (subject to hydrolysis) is 1. The van der Waals surface area contributed by atoms with Gasteiger partial charge in [0.1, 0.15) is 17.2 Å². The minimum Gasteiger partial charge on any atom is -0.464 e. The molecule has 246 valence electrons. The molecule has 0 saturated heterocycles. The van der Waals surface area contributed by atoms with Gasteiger partial charge in [-0.2, -0.15) is 0 Å². The lowest BCUT2D eigenvalue weighted by molar-refractivity contribution is -0.155. The quantitative estimate of drug-likeness (QED) is 0.0711. The summed E-state index contributed by atoms with van der Waals surface area (Å²) >= 11 is 0. The molecule has 1 amide bonds. The Hall–Kier alpha value is -3.18. The minimum atomic E-state index is -1.27. The smallest absolute Gasteiger partial charge is 0.408 e. The molecule has 12 nitrogen and oxygen atoms in total. The van der Waals surface area contributed by atoms with Gasteiger partial charge in [0, 0.05) is 18.8 Å². The number of esters is 2. The molecule has 1 aliphatic carbocycles. The molecule has 1 aliphatic rings. The van der Waals surface area contributed by atoms with E-state index in [-0.39, 0.29) is 25.1 Å². The van der Waals surface area contributed by atoms with Crippen LogP contribution in [0.3, 0.4) is 0 Å². The first kappa shape index (κ1) is 37.8. The zero-order chi connectivity index (χ0) is 32.5. The second-order valence-electron chi connectivity index (χ2n) is 12.1. The number of amides is 1. The first-order valence-corrected chi connectivity index (χ1v) is 15.7. The number of unbranched alkanes of at least 4 members (excludes halogenated alkanes) is 2. The summed E-state index contributed by atoms with van der Waals surface area (Å²) in [5, 5.41) is 2.95. The fourth-order valence-electron chi connectivity index (χ4n) is 5.18. The zero-order valence-corrected chi connectivity index (χ0v) is 27.5. The molecule has 1 rings (SSSR count). The molecule has 5 N–H and O–H groups in total. The zero-order valence-electron chi connectivity index (χ0n) is 27.5. The number of nitrogens with two attached hydrogens (primary N) is 2. The van der Waals surface area contributed by atoms with E-state index in [0.29, 0.717) is 76.1 Å². The molecular formula is C31H56N6O6. The van der Waals surface area contributed by atoms with Gasteiger partial charge in [-0.1, -0.05) is 0 Å². The van der Waals surface area contributed by atoms with Gasteiger partial charge in [-0.25, -0.2) is 14.4 Å². The summed E-state index contributed by atoms with van der Waals surface area (Å²) in [5.74, 6) is 0.0280. The number of ether oxygens (including phenoxy) is 3. The lowest BCUT2D eigenvalue weighted by atomic mass is 9.71. The molecule has 0 aromatic heterocycles. The highest BCUT2D eigenvalue weighted by Gasteiger charge is 2.49. The van der Waals surface area contributed by atoms with Gasteiger partial charge in [-0.15, -0.1) is 0 Å². The second kappa shape index (κ2) is 19.2. The highest BCUT2D eigenvalue weighted by Crippen LogP contribution is 2.37. The molecule has 1 fully saturated rings. The summed E-state index contributed by atoms with van der Waals surface area (Å²) < 4.78 is 16.4.